The van der Waals surface area contributed by atoms with E-state index in [1.165, 1.54) is 19.3 Å². The first-order valence-corrected chi connectivity index (χ1v) is 5.71. The summed E-state index contributed by atoms with van der Waals surface area (Å²) in [6.45, 7) is 3.20. The third-order valence-electron chi connectivity index (χ3n) is 2.40. The summed E-state index contributed by atoms with van der Waals surface area (Å²) < 4.78 is 1.42. The lowest BCUT2D eigenvalue weighted by Crippen LogP contribution is -2.22. The van der Waals surface area contributed by atoms with Gasteiger partial charge in [0, 0.05) is 13.6 Å². The molecule has 0 aliphatic carbocycles. The summed E-state index contributed by atoms with van der Waals surface area (Å²) in [5.41, 5.74) is 7.44. The maximum absolute atomic E-state index is 5.77. The summed E-state index contributed by atoms with van der Waals surface area (Å²) in [6, 6.07) is 0. The molecular weight excluding hydrogens is 212 g/mol. The van der Waals surface area contributed by atoms with Gasteiger partial charge < -0.3 is 10.6 Å². The minimum Gasteiger partial charge on any atom is -0.396 e. The second kappa shape index (κ2) is 4.84. The highest BCUT2D eigenvalue weighted by molar-refractivity contribution is 7.74. The molecule has 2 N–H and O–H groups in total. The fraction of sp³-hybridized carbons (Fsp3) is 0.600. The smallest absolute Gasteiger partial charge is 0.0834 e. The van der Waals surface area contributed by atoms with Crippen LogP contribution in [0, 0.1) is 9.02 Å². The van der Waals surface area contributed by atoms with E-state index in [2.05, 4.69) is 11.8 Å². The van der Waals surface area contributed by atoms with Gasteiger partial charge in [0.05, 0.1) is 20.4 Å². The van der Waals surface area contributed by atoms with Crippen LogP contribution in [0.3, 0.4) is 0 Å². The number of hydrogen-bond acceptors (Lipinski definition) is 4. The Hall–Kier alpha value is -0.480. The molecule has 1 aromatic carbocycles. The largest absolute Gasteiger partial charge is 0.396 e. The minimum atomic E-state index is 0.664. The lowest BCUT2D eigenvalue weighted by Gasteiger charge is -2.23. The van der Waals surface area contributed by atoms with Crippen LogP contribution in [0.25, 0.3) is 0 Å². The molecule has 0 bridgehead atoms. The first-order chi connectivity index (χ1) is 6.59. The van der Waals surface area contributed by atoms with E-state index in [-0.39, 0.29) is 0 Å². The van der Waals surface area contributed by atoms with Crippen molar-refractivity contribution in [3.05, 3.63) is 9.02 Å². The molecule has 14 heavy (non-hydrogen) atoms. The van der Waals surface area contributed by atoms with Crippen molar-refractivity contribution >= 4 is 35.8 Å². The molecule has 0 atom stereocenters. The van der Waals surface area contributed by atoms with Crippen LogP contribution in [0.1, 0.15) is 26.2 Å². The molecule has 1 aromatic rings. The van der Waals surface area contributed by atoms with E-state index in [0.29, 0.717) is 10.2 Å². The van der Waals surface area contributed by atoms with Crippen LogP contribution in [0.4, 0.5) is 11.4 Å². The van der Waals surface area contributed by atoms with Crippen LogP contribution >= 0.6 is 24.4 Å². The average Bonchev–Trinajstić information content (AvgIpc) is 2.18. The minimum absolute atomic E-state index is 0.664. The molecule has 0 unspecified atom stereocenters. The molecule has 0 amide bonds. The molecule has 0 aliphatic heterocycles. The first kappa shape index (κ1) is 11.6. The molecule has 0 aliphatic rings. The number of hydrogen-bond donors (Lipinski definition) is 1. The predicted molar refractivity (Wildman–Crippen MR) is 67.7 cm³/mol. The Labute approximate surface area is 95.4 Å². The van der Waals surface area contributed by atoms with Crippen molar-refractivity contribution in [3.63, 3.8) is 0 Å². The number of rotatable bonds is 5. The van der Waals surface area contributed by atoms with E-state index >= 15 is 0 Å². The number of anilines is 2. The lowest BCUT2D eigenvalue weighted by atomic mass is 10.2. The second-order valence-corrected chi connectivity index (χ2v) is 4.37. The van der Waals surface area contributed by atoms with Gasteiger partial charge in [0.25, 0.3) is 0 Å². The molecule has 0 saturated carbocycles. The van der Waals surface area contributed by atoms with Gasteiger partial charge in [0.15, 0.2) is 0 Å². The Morgan fingerprint density at radius 2 is 1.86 bits per heavy atom. The zero-order valence-corrected chi connectivity index (χ0v) is 10.3. The van der Waals surface area contributed by atoms with Crippen LogP contribution in [-0.2, 0) is 0 Å². The highest BCUT2D eigenvalue weighted by atomic mass is 32.1. The molecule has 0 fully saturated rings. The Morgan fingerprint density at radius 3 is 2.36 bits per heavy atom. The van der Waals surface area contributed by atoms with Gasteiger partial charge in [-0.25, -0.2) is 0 Å². The van der Waals surface area contributed by atoms with Crippen LogP contribution in [0.2, 0.25) is 0 Å². The molecular formula is C10H16N2S2. The highest BCUT2D eigenvalue weighted by Gasteiger charge is 2.14. The first-order valence-electron chi connectivity index (χ1n) is 4.89. The number of nitrogens with two attached hydrogens (primary N) is 1. The third kappa shape index (κ3) is 2.12. The monoisotopic (exact) mass is 228 g/mol. The van der Waals surface area contributed by atoms with Gasteiger partial charge in [-0.15, -0.1) is 0 Å². The van der Waals surface area contributed by atoms with E-state index in [9.17, 15) is 0 Å². The fourth-order valence-corrected chi connectivity index (χ4v) is 2.06. The second-order valence-electron chi connectivity index (χ2n) is 3.55. The number of nitrogen functional groups attached to an aromatic ring is 1. The standard InChI is InChI=1S/C10H16N2S2/c1-3-4-5-6-12(2)8-7(11)9(13)10(8)14/h3-6,11H2,1-2H3. The Bertz CT molecular complexity index is 377. The summed E-state index contributed by atoms with van der Waals surface area (Å²) in [7, 11) is 2.02. The van der Waals surface area contributed by atoms with Gasteiger partial charge in [-0.1, -0.05) is 44.2 Å². The predicted octanol–water partition coefficient (Wildman–Crippen LogP) is 3.23. The van der Waals surface area contributed by atoms with Crippen molar-refractivity contribution in [1.29, 1.82) is 0 Å². The van der Waals surface area contributed by atoms with Crippen molar-refractivity contribution < 1.29 is 0 Å². The van der Waals surface area contributed by atoms with Crippen LogP contribution in [-0.4, -0.2) is 13.6 Å². The van der Waals surface area contributed by atoms with Gasteiger partial charge >= 0.3 is 0 Å². The van der Waals surface area contributed by atoms with E-state index < -0.39 is 0 Å². The summed E-state index contributed by atoms with van der Waals surface area (Å²) in [4.78, 5) is 2.11. The fourth-order valence-electron chi connectivity index (χ4n) is 1.49. The summed E-state index contributed by atoms with van der Waals surface area (Å²) in [5, 5.41) is 0. The van der Waals surface area contributed by atoms with Crippen molar-refractivity contribution in [2.45, 2.75) is 26.2 Å². The molecule has 0 radical (unpaired) electrons. The van der Waals surface area contributed by atoms with E-state index in [1.807, 2.05) is 7.05 Å². The van der Waals surface area contributed by atoms with E-state index in [0.717, 1.165) is 16.7 Å². The summed E-state index contributed by atoms with van der Waals surface area (Å²) in [5.74, 6) is 0. The Balaban J connectivity index is 2.58. The van der Waals surface area contributed by atoms with Crippen LogP contribution in [0.5, 0.6) is 0 Å². The molecule has 2 nitrogen and oxygen atoms in total. The molecule has 0 aromatic heterocycles. The van der Waals surface area contributed by atoms with Crippen molar-refractivity contribution in [2.75, 3.05) is 24.2 Å². The quantitative estimate of drug-likeness (QED) is 0.619. The van der Waals surface area contributed by atoms with Gasteiger partial charge in [-0.2, -0.15) is 0 Å². The van der Waals surface area contributed by atoms with Gasteiger partial charge in [-0.3, -0.25) is 0 Å². The maximum Gasteiger partial charge on any atom is 0.0834 e. The lowest BCUT2D eigenvalue weighted by molar-refractivity contribution is 0.704. The van der Waals surface area contributed by atoms with Gasteiger partial charge in [0.2, 0.25) is 0 Å². The van der Waals surface area contributed by atoms with Crippen LogP contribution < -0.4 is 10.6 Å². The zero-order chi connectivity index (χ0) is 10.7. The topological polar surface area (TPSA) is 29.3 Å². The van der Waals surface area contributed by atoms with Gasteiger partial charge in [0.1, 0.15) is 0 Å². The van der Waals surface area contributed by atoms with Crippen LogP contribution in [0.15, 0.2) is 0 Å². The number of nitrogens with zero attached hydrogens (tertiary/aromatic N) is 1. The van der Waals surface area contributed by atoms with E-state index in [4.69, 9.17) is 30.2 Å². The summed E-state index contributed by atoms with van der Waals surface area (Å²) in [6.07, 6.45) is 3.65. The van der Waals surface area contributed by atoms with E-state index in [1.54, 1.807) is 0 Å². The molecule has 1 rings (SSSR count). The number of unbranched alkanes of at least 4 members (excludes halogenated alkanes) is 2. The Morgan fingerprint density at radius 1 is 1.21 bits per heavy atom. The van der Waals surface area contributed by atoms with Gasteiger partial charge in [-0.05, 0) is 6.42 Å². The normalized spacial score (nSPS) is 10.7. The maximum atomic E-state index is 5.77. The Kier molecular flexibility index (Phi) is 4.01. The molecule has 78 valence electrons. The highest BCUT2D eigenvalue weighted by Crippen LogP contribution is 2.32. The molecule has 0 spiro atoms. The zero-order valence-electron chi connectivity index (χ0n) is 8.67. The average molecular weight is 228 g/mol. The molecule has 0 saturated heterocycles. The summed E-state index contributed by atoms with van der Waals surface area (Å²) >= 11 is 10.1. The van der Waals surface area contributed by atoms with Crippen molar-refractivity contribution in [3.8, 4) is 0 Å². The third-order valence-corrected chi connectivity index (χ3v) is 3.35. The molecule has 0 heterocycles. The van der Waals surface area contributed by atoms with Crippen molar-refractivity contribution in [2.24, 2.45) is 0 Å². The SMILES string of the molecule is CCCCCN(C)c1c(N)c(=S)c1=S. The molecule has 4 heteroatoms. The van der Waals surface area contributed by atoms with Crippen molar-refractivity contribution in [1.82, 2.24) is 0 Å².